The van der Waals surface area contributed by atoms with Gasteiger partial charge >= 0.3 is 0 Å². The highest BCUT2D eigenvalue weighted by atomic mass is 16.5. The molecule has 0 aliphatic carbocycles. The molecule has 0 saturated heterocycles. The lowest BCUT2D eigenvalue weighted by molar-refractivity contribution is -0.122. The van der Waals surface area contributed by atoms with Crippen LogP contribution in [-0.4, -0.2) is 12.0 Å². The SMILES string of the molecule is C[C@H]1Oc2cc([NH])ccc2NC1=O. The second kappa shape index (κ2) is 2.65. The van der Waals surface area contributed by atoms with Crippen LogP contribution in [0, 0.1) is 0 Å². The van der Waals surface area contributed by atoms with E-state index in [1.165, 1.54) is 0 Å². The van der Waals surface area contributed by atoms with E-state index in [1.807, 2.05) is 0 Å². The summed E-state index contributed by atoms with van der Waals surface area (Å²) in [5.41, 5.74) is 8.37. The molecular formula is C9H9N2O2. The van der Waals surface area contributed by atoms with E-state index in [0.717, 1.165) is 0 Å². The molecule has 0 fully saturated rings. The van der Waals surface area contributed by atoms with Crippen molar-refractivity contribution in [3.8, 4) is 5.75 Å². The highest BCUT2D eigenvalue weighted by Crippen LogP contribution is 2.31. The predicted octanol–water partition coefficient (Wildman–Crippen LogP) is 1.32. The van der Waals surface area contributed by atoms with Crippen LogP contribution in [0.4, 0.5) is 11.4 Å². The topological polar surface area (TPSA) is 62.1 Å². The van der Waals surface area contributed by atoms with Crippen LogP contribution in [0.3, 0.4) is 0 Å². The van der Waals surface area contributed by atoms with Crippen LogP contribution in [0.2, 0.25) is 0 Å². The van der Waals surface area contributed by atoms with Gasteiger partial charge in [0.2, 0.25) is 0 Å². The summed E-state index contributed by atoms with van der Waals surface area (Å²) in [6.07, 6.45) is -0.478. The van der Waals surface area contributed by atoms with Gasteiger partial charge in [-0.2, -0.15) is 0 Å². The molecule has 1 aliphatic heterocycles. The number of benzene rings is 1. The maximum Gasteiger partial charge on any atom is 0.265 e. The van der Waals surface area contributed by atoms with Gasteiger partial charge in [-0.25, -0.2) is 0 Å². The average Bonchev–Trinajstić information content (AvgIpc) is 2.08. The molecule has 2 N–H and O–H groups in total. The Balaban J connectivity index is 2.42. The van der Waals surface area contributed by atoms with Gasteiger partial charge in [-0.15, -0.1) is 0 Å². The third-order valence-corrected chi connectivity index (χ3v) is 1.91. The van der Waals surface area contributed by atoms with Gasteiger partial charge in [0.1, 0.15) is 5.75 Å². The van der Waals surface area contributed by atoms with E-state index in [9.17, 15) is 4.79 Å². The quantitative estimate of drug-likeness (QED) is 0.649. The number of anilines is 1. The van der Waals surface area contributed by atoms with E-state index in [-0.39, 0.29) is 5.91 Å². The monoisotopic (exact) mass is 177 g/mol. The van der Waals surface area contributed by atoms with Crippen molar-refractivity contribution in [2.75, 3.05) is 5.32 Å². The predicted molar refractivity (Wildman–Crippen MR) is 47.9 cm³/mol. The number of carbonyl (C=O) groups excluding carboxylic acids is 1. The van der Waals surface area contributed by atoms with E-state index in [4.69, 9.17) is 10.5 Å². The van der Waals surface area contributed by atoms with Crippen LogP contribution in [-0.2, 0) is 4.79 Å². The molecule has 4 heteroatoms. The van der Waals surface area contributed by atoms with Crippen LogP contribution in [0.5, 0.6) is 5.75 Å². The summed E-state index contributed by atoms with van der Waals surface area (Å²) >= 11 is 0. The van der Waals surface area contributed by atoms with Crippen molar-refractivity contribution in [3.05, 3.63) is 18.2 Å². The first kappa shape index (κ1) is 7.91. The molecule has 1 heterocycles. The van der Waals surface area contributed by atoms with E-state index >= 15 is 0 Å². The summed E-state index contributed by atoms with van der Waals surface area (Å²) in [6, 6.07) is 4.87. The zero-order chi connectivity index (χ0) is 9.42. The summed E-state index contributed by atoms with van der Waals surface area (Å²) in [4.78, 5) is 11.2. The number of amides is 1. The fraction of sp³-hybridized carbons (Fsp3) is 0.222. The fourth-order valence-corrected chi connectivity index (χ4v) is 1.20. The Kier molecular flexibility index (Phi) is 1.62. The van der Waals surface area contributed by atoms with Crippen LogP contribution in [0.1, 0.15) is 6.92 Å². The van der Waals surface area contributed by atoms with Crippen molar-refractivity contribution < 1.29 is 9.53 Å². The van der Waals surface area contributed by atoms with Crippen LogP contribution >= 0.6 is 0 Å². The van der Waals surface area contributed by atoms with Gasteiger partial charge in [0, 0.05) is 6.07 Å². The maximum absolute atomic E-state index is 11.2. The second-order valence-electron chi connectivity index (χ2n) is 2.96. The largest absolute Gasteiger partial charge is 0.479 e. The minimum atomic E-state index is -0.478. The number of ether oxygens (including phenoxy) is 1. The molecule has 2 rings (SSSR count). The third-order valence-electron chi connectivity index (χ3n) is 1.91. The molecule has 4 nitrogen and oxygen atoms in total. The first-order valence-corrected chi connectivity index (χ1v) is 4.00. The maximum atomic E-state index is 11.2. The Bertz CT molecular complexity index is 363. The molecule has 0 bridgehead atoms. The summed E-state index contributed by atoms with van der Waals surface area (Å²) in [5, 5.41) is 2.69. The number of nitrogens with one attached hydrogen (secondary N) is 2. The zero-order valence-electron chi connectivity index (χ0n) is 7.13. The Morgan fingerprint density at radius 1 is 1.54 bits per heavy atom. The Hall–Kier alpha value is -1.71. The smallest absolute Gasteiger partial charge is 0.265 e. The highest BCUT2D eigenvalue weighted by molar-refractivity contribution is 5.97. The second-order valence-corrected chi connectivity index (χ2v) is 2.96. The molecule has 1 atom stereocenters. The lowest BCUT2D eigenvalue weighted by atomic mass is 10.2. The van der Waals surface area contributed by atoms with Crippen LogP contribution in [0.25, 0.3) is 0 Å². The van der Waals surface area contributed by atoms with Gasteiger partial charge in [-0.05, 0) is 19.1 Å². The summed E-state index contributed by atoms with van der Waals surface area (Å²) < 4.78 is 5.29. The van der Waals surface area contributed by atoms with Crippen molar-refractivity contribution in [2.45, 2.75) is 13.0 Å². The number of rotatable bonds is 0. The van der Waals surface area contributed by atoms with E-state index in [0.29, 0.717) is 17.1 Å². The standard InChI is InChI=1S/C9H9N2O2/c1-5-9(12)11-7-3-2-6(10)4-8(7)13-5/h2-5,10H,1H3,(H,11,12)/t5-/m1/s1. The summed E-state index contributed by atoms with van der Waals surface area (Å²) in [6.45, 7) is 1.68. The molecule has 0 spiro atoms. The fourth-order valence-electron chi connectivity index (χ4n) is 1.20. The van der Waals surface area contributed by atoms with Gasteiger partial charge in [-0.1, -0.05) is 0 Å². The Morgan fingerprint density at radius 2 is 2.31 bits per heavy atom. The molecular weight excluding hydrogens is 168 g/mol. The van der Waals surface area contributed by atoms with Gasteiger partial charge < -0.3 is 15.8 Å². The van der Waals surface area contributed by atoms with Crippen molar-refractivity contribution in [1.82, 2.24) is 5.73 Å². The zero-order valence-corrected chi connectivity index (χ0v) is 7.13. The van der Waals surface area contributed by atoms with E-state index in [1.54, 1.807) is 25.1 Å². The summed E-state index contributed by atoms with van der Waals surface area (Å²) in [7, 11) is 0. The van der Waals surface area contributed by atoms with Gasteiger partial charge in [0.15, 0.2) is 6.10 Å². The van der Waals surface area contributed by atoms with E-state index in [2.05, 4.69) is 5.32 Å². The van der Waals surface area contributed by atoms with Crippen molar-refractivity contribution >= 4 is 17.3 Å². The third kappa shape index (κ3) is 1.30. The molecule has 1 aromatic rings. The molecule has 1 aromatic carbocycles. The molecule has 1 amide bonds. The summed E-state index contributed by atoms with van der Waals surface area (Å²) in [5.74, 6) is 0.421. The molecule has 13 heavy (non-hydrogen) atoms. The van der Waals surface area contributed by atoms with Gasteiger partial charge in [0.25, 0.3) is 5.91 Å². The van der Waals surface area contributed by atoms with Crippen molar-refractivity contribution in [1.29, 1.82) is 0 Å². The lowest BCUT2D eigenvalue weighted by Crippen LogP contribution is -2.34. The van der Waals surface area contributed by atoms with Crippen molar-refractivity contribution in [2.24, 2.45) is 0 Å². The molecule has 0 saturated carbocycles. The lowest BCUT2D eigenvalue weighted by Gasteiger charge is -2.23. The molecule has 1 radical (unpaired) electrons. The van der Waals surface area contributed by atoms with Gasteiger partial charge in [-0.3, -0.25) is 4.79 Å². The minimum absolute atomic E-state index is 0.148. The average molecular weight is 177 g/mol. The Morgan fingerprint density at radius 3 is 3.08 bits per heavy atom. The molecule has 0 unspecified atom stereocenters. The van der Waals surface area contributed by atoms with Crippen LogP contribution in [0.15, 0.2) is 18.2 Å². The number of fused-ring (bicyclic) bond motifs is 1. The van der Waals surface area contributed by atoms with Crippen molar-refractivity contribution in [3.63, 3.8) is 0 Å². The minimum Gasteiger partial charge on any atom is -0.479 e. The number of hydrogen-bond acceptors (Lipinski definition) is 2. The first-order chi connectivity index (χ1) is 6.16. The van der Waals surface area contributed by atoms with E-state index < -0.39 is 6.10 Å². The number of carbonyl (C=O) groups is 1. The molecule has 1 aliphatic rings. The highest BCUT2D eigenvalue weighted by Gasteiger charge is 2.23. The first-order valence-electron chi connectivity index (χ1n) is 4.00. The Labute approximate surface area is 75.7 Å². The molecule has 67 valence electrons. The van der Waals surface area contributed by atoms with Crippen LogP contribution < -0.4 is 15.8 Å². The molecule has 0 aromatic heterocycles. The number of hydrogen-bond donors (Lipinski definition) is 1. The normalized spacial score (nSPS) is 20.1. The van der Waals surface area contributed by atoms with Gasteiger partial charge in [0.05, 0.1) is 11.4 Å².